The molecule has 0 saturated carbocycles. The van der Waals surface area contributed by atoms with Gasteiger partial charge in [-0.3, -0.25) is 0 Å². The Bertz CT molecular complexity index is 1400. The summed E-state index contributed by atoms with van der Waals surface area (Å²) >= 11 is 0. The number of esters is 2. The molecule has 0 aliphatic carbocycles. The van der Waals surface area contributed by atoms with Crippen LogP contribution in [0.5, 0.6) is 0 Å². The molecule has 0 bridgehead atoms. The summed E-state index contributed by atoms with van der Waals surface area (Å²) in [6, 6.07) is 39.1. The van der Waals surface area contributed by atoms with Gasteiger partial charge in [0.2, 0.25) is 0 Å². The van der Waals surface area contributed by atoms with Crippen molar-refractivity contribution in [3.63, 3.8) is 0 Å². The summed E-state index contributed by atoms with van der Waals surface area (Å²) in [5.41, 5.74) is 6.30. The van der Waals surface area contributed by atoms with E-state index in [2.05, 4.69) is 0 Å². The molecule has 0 fully saturated rings. The molecule has 2 aliphatic rings. The first-order chi connectivity index (χ1) is 18.7. The first-order valence-electron chi connectivity index (χ1n) is 12.7. The second kappa shape index (κ2) is 10.3. The molecule has 0 N–H and O–H groups in total. The van der Waals surface area contributed by atoms with Gasteiger partial charge in [-0.2, -0.15) is 0 Å². The first kappa shape index (κ1) is 23.7. The average molecular weight is 499 g/mol. The standard InChI is InChI=1S/C34H26O4/c35-33-27(21-23-13-5-1-6-14-23)29(31(37-33)25-17-9-3-10-18-25)30-28(22-24-15-7-2-8-16-24)34(36)38-32(30)26-19-11-4-12-20-26/h1-20,31-32H,21-22H2/t31-,32+. The van der Waals surface area contributed by atoms with Crippen molar-refractivity contribution < 1.29 is 19.1 Å². The van der Waals surface area contributed by atoms with E-state index in [0.717, 1.165) is 33.4 Å². The zero-order valence-electron chi connectivity index (χ0n) is 20.7. The Labute approximate surface area is 221 Å². The van der Waals surface area contributed by atoms with E-state index in [1.807, 2.05) is 121 Å². The van der Waals surface area contributed by atoms with Crippen LogP contribution < -0.4 is 0 Å². The Balaban J connectivity index is 1.59. The number of cyclic esters (lactones) is 2. The Morgan fingerprint density at radius 1 is 0.447 bits per heavy atom. The molecule has 2 atom stereocenters. The van der Waals surface area contributed by atoms with Crippen molar-refractivity contribution in [1.82, 2.24) is 0 Å². The average Bonchev–Trinajstić information content (AvgIpc) is 3.46. The predicted molar refractivity (Wildman–Crippen MR) is 145 cm³/mol. The van der Waals surface area contributed by atoms with E-state index in [9.17, 15) is 9.59 Å². The molecule has 4 heteroatoms. The highest BCUT2D eigenvalue weighted by Gasteiger charge is 2.45. The number of carbonyl (C=O) groups excluding carboxylic acids is 2. The van der Waals surface area contributed by atoms with Crippen LogP contribution in [0.2, 0.25) is 0 Å². The van der Waals surface area contributed by atoms with Crippen molar-refractivity contribution in [2.45, 2.75) is 25.0 Å². The molecule has 0 saturated heterocycles. The summed E-state index contributed by atoms with van der Waals surface area (Å²) in [4.78, 5) is 27.0. The van der Waals surface area contributed by atoms with Crippen LogP contribution in [0.3, 0.4) is 0 Å². The number of carbonyl (C=O) groups is 2. The monoisotopic (exact) mass is 498 g/mol. The third-order valence-corrected chi connectivity index (χ3v) is 7.06. The normalized spacial score (nSPS) is 19.1. The van der Waals surface area contributed by atoms with E-state index in [1.165, 1.54) is 0 Å². The minimum atomic E-state index is -0.635. The van der Waals surface area contributed by atoms with Gasteiger partial charge >= 0.3 is 11.9 Å². The molecule has 0 unspecified atom stereocenters. The number of hydrogen-bond donors (Lipinski definition) is 0. The first-order valence-corrected chi connectivity index (χ1v) is 12.7. The number of rotatable bonds is 7. The molecular weight excluding hydrogens is 472 g/mol. The lowest BCUT2D eigenvalue weighted by Crippen LogP contribution is -2.10. The van der Waals surface area contributed by atoms with Crippen LogP contribution in [0.15, 0.2) is 144 Å². The van der Waals surface area contributed by atoms with Crippen LogP contribution in [-0.2, 0) is 31.9 Å². The Morgan fingerprint density at radius 3 is 1.11 bits per heavy atom. The molecule has 0 radical (unpaired) electrons. The molecule has 38 heavy (non-hydrogen) atoms. The molecule has 186 valence electrons. The molecule has 0 spiro atoms. The van der Waals surface area contributed by atoms with Gasteiger partial charge in [0.15, 0.2) is 12.2 Å². The second-order valence-corrected chi connectivity index (χ2v) is 9.50. The highest BCUT2D eigenvalue weighted by Crippen LogP contribution is 2.49. The van der Waals surface area contributed by atoms with Gasteiger partial charge in [0.05, 0.1) is 0 Å². The predicted octanol–water partition coefficient (Wildman–Crippen LogP) is 6.66. The number of hydrogen-bond acceptors (Lipinski definition) is 4. The molecule has 4 aromatic rings. The van der Waals surface area contributed by atoms with Gasteiger partial charge in [-0.05, 0) is 22.3 Å². The Morgan fingerprint density at radius 2 is 0.763 bits per heavy atom. The maximum atomic E-state index is 13.5. The summed E-state index contributed by atoms with van der Waals surface area (Å²) in [6.07, 6.45) is -0.473. The SMILES string of the molecule is O=C1O[C@@H](c2ccccc2)C(C2=C(Cc3ccccc3)C(=O)O[C@@H]2c2ccccc2)=C1Cc1ccccc1. The summed E-state index contributed by atoms with van der Waals surface area (Å²) in [5.74, 6) is -0.731. The van der Waals surface area contributed by atoms with Crippen LogP contribution in [-0.4, -0.2) is 11.9 Å². The number of benzene rings is 4. The van der Waals surface area contributed by atoms with Gasteiger partial charge < -0.3 is 9.47 Å². The summed E-state index contributed by atoms with van der Waals surface area (Å²) in [6.45, 7) is 0. The third-order valence-electron chi connectivity index (χ3n) is 7.06. The number of ether oxygens (including phenoxy) is 2. The van der Waals surface area contributed by atoms with Gasteiger partial charge in [-0.1, -0.05) is 121 Å². The quantitative estimate of drug-likeness (QED) is 0.267. The van der Waals surface area contributed by atoms with Crippen molar-refractivity contribution in [3.05, 3.63) is 166 Å². The van der Waals surface area contributed by atoms with E-state index in [4.69, 9.17) is 9.47 Å². The zero-order chi connectivity index (χ0) is 25.9. The van der Waals surface area contributed by atoms with Crippen LogP contribution in [0, 0.1) is 0 Å². The van der Waals surface area contributed by atoms with Crippen LogP contribution in [0.4, 0.5) is 0 Å². The lowest BCUT2D eigenvalue weighted by atomic mass is 9.83. The van der Waals surface area contributed by atoms with E-state index in [0.29, 0.717) is 24.0 Å². The summed E-state index contributed by atoms with van der Waals surface area (Å²) in [7, 11) is 0. The van der Waals surface area contributed by atoms with Gasteiger partial charge in [0.25, 0.3) is 0 Å². The maximum Gasteiger partial charge on any atom is 0.335 e. The van der Waals surface area contributed by atoms with Crippen molar-refractivity contribution in [2.24, 2.45) is 0 Å². The fourth-order valence-electron chi connectivity index (χ4n) is 5.28. The van der Waals surface area contributed by atoms with E-state index < -0.39 is 12.2 Å². The van der Waals surface area contributed by atoms with Crippen molar-refractivity contribution in [1.29, 1.82) is 0 Å². The van der Waals surface area contributed by atoms with E-state index >= 15 is 0 Å². The van der Waals surface area contributed by atoms with Crippen molar-refractivity contribution in [3.8, 4) is 0 Å². The Kier molecular flexibility index (Phi) is 6.45. The van der Waals surface area contributed by atoms with Crippen LogP contribution in [0.1, 0.15) is 34.5 Å². The lowest BCUT2D eigenvalue weighted by molar-refractivity contribution is -0.141. The molecule has 4 aromatic carbocycles. The fraction of sp³-hybridized carbons (Fsp3) is 0.118. The largest absolute Gasteiger partial charge is 0.449 e. The Hall–Kier alpha value is -4.70. The minimum Gasteiger partial charge on any atom is -0.449 e. The fourth-order valence-corrected chi connectivity index (χ4v) is 5.28. The molecular formula is C34H26O4. The van der Waals surface area contributed by atoms with Crippen LogP contribution in [0.25, 0.3) is 0 Å². The summed E-state index contributed by atoms with van der Waals surface area (Å²) in [5, 5.41) is 0. The molecule has 0 aromatic heterocycles. The van der Waals surface area contributed by atoms with Crippen LogP contribution >= 0.6 is 0 Å². The highest BCUT2D eigenvalue weighted by molar-refractivity contribution is 5.99. The highest BCUT2D eigenvalue weighted by atomic mass is 16.6. The molecule has 2 aliphatic heterocycles. The molecule has 0 amide bonds. The van der Waals surface area contributed by atoms with E-state index in [-0.39, 0.29) is 11.9 Å². The molecule has 6 rings (SSSR count). The molecule has 4 nitrogen and oxygen atoms in total. The van der Waals surface area contributed by atoms with Crippen molar-refractivity contribution >= 4 is 11.9 Å². The zero-order valence-corrected chi connectivity index (χ0v) is 20.7. The molecule has 2 heterocycles. The lowest BCUT2D eigenvalue weighted by Gasteiger charge is -2.21. The second-order valence-electron chi connectivity index (χ2n) is 9.50. The topological polar surface area (TPSA) is 52.6 Å². The minimum absolute atomic E-state index is 0.365. The van der Waals surface area contributed by atoms with Gasteiger partial charge in [-0.15, -0.1) is 0 Å². The van der Waals surface area contributed by atoms with E-state index in [1.54, 1.807) is 0 Å². The smallest absolute Gasteiger partial charge is 0.335 e. The maximum absolute atomic E-state index is 13.5. The van der Waals surface area contributed by atoms with Gasteiger partial charge in [0.1, 0.15) is 0 Å². The van der Waals surface area contributed by atoms with Crippen molar-refractivity contribution in [2.75, 3.05) is 0 Å². The van der Waals surface area contributed by atoms with Gasteiger partial charge in [-0.25, -0.2) is 9.59 Å². The van der Waals surface area contributed by atoms with Gasteiger partial charge in [0, 0.05) is 35.1 Å². The third kappa shape index (κ3) is 4.57. The summed E-state index contributed by atoms with van der Waals surface area (Å²) < 4.78 is 12.1.